The first-order valence-corrected chi connectivity index (χ1v) is 7.97. The van der Waals surface area contributed by atoms with Crippen molar-refractivity contribution in [3.05, 3.63) is 90.3 Å². The summed E-state index contributed by atoms with van der Waals surface area (Å²) in [6.45, 7) is 0.493. The maximum Gasteiger partial charge on any atom is 0.330 e. The predicted octanol–water partition coefficient (Wildman–Crippen LogP) is 4.24. The largest absolute Gasteiger partial charge is 0.487 e. The van der Waals surface area contributed by atoms with Gasteiger partial charge >= 0.3 is 5.97 Å². The van der Waals surface area contributed by atoms with Crippen molar-refractivity contribution in [1.29, 1.82) is 0 Å². The molecule has 1 heterocycles. The van der Waals surface area contributed by atoms with Crippen LogP contribution in [0.5, 0.6) is 5.75 Å². The Labute approximate surface area is 146 Å². The molecule has 3 rings (SSSR count). The second-order valence-corrected chi connectivity index (χ2v) is 5.40. The van der Waals surface area contributed by atoms with Gasteiger partial charge in [0.1, 0.15) is 12.4 Å². The van der Waals surface area contributed by atoms with Crippen LogP contribution in [0.2, 0.25) is 0 Å². The van der Waals surface area contributed by atoms with Crippen LogP contribution in [0, 0.1) is 0 Å². The molecule has 1 aromatic heterocycles. The van der Waals surface area contributed by atoms with Crippen LogP contribution in [-0.2, 0) is 16.1 Å². The monoisotopic (exact) mass is 333 g/mol. The number of carbonyl (C=O) groups excluding carboxylic acids is 1. The van der Waals surface area contributed by atoms with Gasteiger partial charge in [0, 0.05) is 18.0 Å². The fourth-order valence-corrected chi connectivity index (χ4v) is 2.48. The van der Waals surface area contributed by atoms with Crippen LogP contribution in [0.4, 0.5) is 0 Å². The zero-order valence-corrected chi connectivity index (χ0v) is 14.0. The first-order chi connectivity index (χ1) is 12.3. The highest BCUT2D eigenvalue weighted by Crippen LogP contribution is 2.25. The molecule has 2 aromatic carbocycles. The van der Waals surface area contributed by atoms with E-state index in [0.29, 0.717) is 6.61 Å². The van der Waals surface area contributed by atoms with E-state index in [4.69, 9.17) is 4.74 Å². The van der Waals surface area contributed by atoms with Gasteiger partial charge in [-0.25, -0.2) is 4.79 Å². The molecule has 25 heavy (non-hydrogen) atoms. The Balaban J connectivity index is 1.85. The van der Waals surface area contributed by atoms with Crippen molar-refractivity contribution in [2.75, 3.05) is 7.11 Å². The van der Waals surface area contributed by atoms with Crippen molar-refractivity contribution in [3.8, 4) is 11.4 Å². The quantitative estimate of drug-likeness (QED) is 0.500. The maximum atomic E-state index is 11.3. The highest BCUT2D eigenvalue weighted by atomic mass is 16.5. The normalized spacial score (nSPS) is 10.8. The molecular weight excluding hydrogens is 314 g/mol. The molecule has 0 unspecified atom stereocenters. The van der Waals surface area contributed by atoms with Crippen molar-refractivity contribution in [2.45, 2.75) is 6.61 Å². The van der Waals surface area contributed by atoms with Crippen LogP contribution in [0.3, 0.4) is 0 Å². The molecule has 0 saturated heterocycles. The van der Waals surface area contributed by atoms with E-state index < -0.39 is 0 Å². The zero-order chi connectivity index (χ0) is 17.5. The molecule has 0 amide bonds. The Bertz CT molecular complexity index is 866. The van der Waals surface area contributed by atoms with E-state index in [-0.39, 0.29) is 5.97 Å². The Morgan fingerprint density at radius 1 is 1.00 bits per heavy atom. The van der Waals surface area contributed by atoms with E-state index >= 15 is 0 Å². The predicted molar refractivity (Wildman–Crippen MR) is 97.6 cm³/mol. The molecule has 0 radical (unpaired) electrons. The summed E-state index contributed by atoms with van der Waals surface area (Å²) in [5.41, 5.74) is 2.88. The van der Waals surface area contributed by atoms with Crippen LogP contribution < -0.4 is 4.74 Å². The number of hydrogen-bond acceptors (Lipinski definition) is 3. The van der Waals surface area contributed by atoms with Crippen molar-refractivity contribution in [2.24, 2.45) is 0 Å². The zero-order valence-electron chi connectivity index (χ0n) is 14.0. The standard InChI is InChI=1S/C21H19NO3/c1-24-21(23)14-13-18-10-7-15-22(18)19-11-5-6-12-20(19)25-16-17-8-3-2-4-9-17/h2-15H,16H2,1H3/b14-13+. The van der Waals surface area contributed by atoms with E-state index in [9.17, 15) is 4.79 Å². The summed E-state index contributed by atoms with van der Waals surface area (Å²) in [5, 5.41) is 0. The molecular formula is C21H19NO3. The lowest BCUT2D eigenvalue weighted by atomic mass is 10.2. The Kier molecular flexibility index (Phi) is 5.32. The number of ether oxygens (including phenoxy) is 2. The first kappa shape index (κ1) is 16.6. The lowest BCUT2D eigenvalue weighted by Crippen LogP contribution is -2.02. The third-order valence-corrected chi connectivity index (χ3v) is 3.73. The number of esters is 1. The molecule has 0 bridgehead atoms. The second-order valence-electron chi connectivity index (χ2n) is 5.40. The molecule has 0 aliphatic heterocycles. The highest BCUT2D eigenvalue weighted by Gasteiger charge is 2.08. The van der Waals surface area contributed by atoms with Crippen molar-refractivity contribution in [3.63, 3.8) is 0 Å². The van der Waals surface area contributed by atoms with Gasteiger partial charge in [0.25, 0.3) is 0 Å². The number of nitrogens with zero attached hydrogens (tertiary/aromatic N) is 1. The van der Waals surface area contributed by atoms with Gasteiger partial charge in [-0.15, -0.1) is 0 Å². The van der Waals surface area contributed by atoms with Gasteiger partial charge in [-0.05, 0) is 35.9 Å². The molecule has 3 aromatic rings. The number of benzene rings is 2. The van der Waals surface area contributed by atoms with Crippen LogP contribution in [0.15, 0.2) is 79.0 Å². The maximum absolute atomic E-state index is 11.3. The van der Waals surface area contributed by atoms with Gasteiger partial charge in [-0.2, -0.15) is 0 Å². The molecule has 4 heteroatoms. The lowest BCUT2D eigenvalue weighted by Gasteiger charge is -2.14. The fraction of sp³-hybridized carbons (Fsp3) is 0.0952. The fourth-order valence-electron chi connectivity index (χ4n) is 2.48. The molecule has 0 saturated carbocycles. The Hall–Kier alpha value is -3.27. The van der Waals surface area contributed by atoms with Gasteiger partial charge in [-0.3, -0.25) is 0 Å². The van der Waals surface area contributed by atoms with Gasteiger partial charge < -0.3 is 14.0 Å². The van der Waals surface area contributed by atoms with Gasteiger partial charge in [0.05, 0.1) is 12.8 Å². The summed E-state index contributed by atoms with van der Waals surface area (Å²) >= 11 is 0. The summed E-state index contributed by atoms with van der Waals surface area (Å²) in [5.74, 6) is 0.386. The third-order valence-electron chi connectivity index (χ3n) is 3.73. The molecule has 0 aliphatic rings. The summed E-state index contributed by atoms with van der Waals surface area (Å²) in [7, 11) is 1.36. The van der Waals surface area contributed by atoms with Crippen LogP contribution in [0.1, 0.15) is 11.3 Å². The van der Waals surface area contributed by atoms with Crippen molar-refractivity contribution in [1.82, 2.24) is 4.57 Å². The van der Waals surface area contributed by atoms with Gasteiger partial charge in [0.15, 0.2) is 0 Å². The lowest BCUT2D eigenvalue weighted by molar-refractivity contribution is -0.134. The van der Waals surface area contributed by atoms with Crippen LogP contribution >= 0.6 is 0 Å². The summed E-state index contributed by atoms with van der Waals surface area (Å²) < 4.78 is 12.6. The number of methoxy groups -OCH3 is 1. The summed E-state index contributed by atoms with van der Waals surface area (Å²) in [6, 6.07) is 21.7. The number of para-hydroxylation sites is 2. The van der Waals surface area contributed by atoms with Crippen molar-refractivity contribution < 1.29 is 14.3 Å². The van der Waals surface area contributed by atoms with Gasteiger partial charge in [-0.1, -0.05) is 42.5 Å². The minimum absolute atomic E-state index is 0.388. The Morgan fingerprint density at radius 3 is 2.56 bits per heavy atom. The third kappa shape index (κ3) is 4.18. The SMILES string of the molecule is COC(=O)/C=C/c1cccn1-c1ccccc1OCc1ccccc1. The van der Waals surface area contributed by atoms with Crippen molar-refractivity contribution >= 4 is 12.0 Å². The van der Waals surface area contributed by atoms with E-state index in [0.717, 1.165) is 22.7 Å². The van der Waals surface area contributed by atoms with E-state index in [1.807, 2.05) is 77.5 Å². The highest BCUT2D eigenvalue weighted by molar-refractivity contribution is 5.86. The summed E-state index contributed by atoms with van der Waals surface area (Å²) in [6.07, 6.45) is 5.06. The average molecular weight is 333 g/mol. The smallest absolute Gasteiger partial charge is 0.330 e. The first-order valence-electron chi connectivity index (χ1n) is 7.97. The minimum atomic E-state index is -0.388. The van der Waals surface area contributed by atoms with Crippen LogP contribution in [0.25, 0.3) is 11.8 Å². The van der Waals surface area contributed by atoms with E-state index in [1.165, 1.54) is 13.2 Å². The molecule has 4 nitrogen and oxygen atoms in total. The topological polar surface area (TPSA) is 40.5 Å². The molecule has 0 N–H and O–H groups in total. The molecule has 0 spiro atoms. The minimum Gasteiger partial charge on any atom is -0.487 e. The number of rotatable bonds is 6. The summed E-state index contributed by atoms with van der Waals surface area (Å²) in [4.78, 5) is 11.3. The number of aromatic nitrogens is 1. The molecule has 0 atom stereocenters. The molecule has 0 aliphatic carbocycles. The second kappa shape index (κ2) is 8.02. The Morgan fingerprint density at radius 2 is 1.76 bits per heavy atom. The average Bonchev–Trinajstić information content (AvgIpc) is 3.14. The van der Waals surface area contributed by atoms with E-state index in [1.54, 1.807) is 6.08 Å². The van der Waals surface area contributed by atoms with E-state index in [2.05, 4.69) is 4.74 Å². The molecule has 0 fully saturated rings. The number of carbonyl (C=O) groups is 1. The number of hydrogen-bond donors (Lipinski definition) is 0. The van der Waals surface area contributed by atoms with Gasteiger partial charge in [0.2, 0.25) is 0 Å². The van der Waals surface area contributed by atoms with Crippen LogP contribution in [-0.4, -0.2) is 17.6 Å². The molecule has 126 valence electrons.